The van der Waals surface area contributed by atoms with E-state index in [0.717, 1.165) is 17.3 Å². The number of halogens is 1. The average Bonchev–Trinajstić information content (AvgIpc) is 3.47. The first kappa shape index (κ1) is 24.6. The number of nitrogens with zero attached hydrogens (tertiary/aromatic N) is 1. The first-order valence-corrected chi connectivity index (χ1v) is 12.1. The van der Waals surface area contributed by atoms with E-state index in [1.807, 2.05) is 0 Å². The molecule has 8 heteroatoms. The Labute approximate surface area is 212 Å². The molecule has 0 aliphatic carbocycles. The number of aliphatic hydroxyl groups is 1. The predicted octanol–water partition coefficient (Wildman–Crippen LogP) is 5.85. The molecule has 1 saturated heterocycles. The summed E-state index contributed by atoms with van der Waals surface area (Å²) in [6.45, 7) is 2.69. The molecule has 1 aliphatic rings. The molecular weight excluding hydrogens is 514 g/mol. The van der Waals surface area contributed by atoms with Crippen LogP contribution in [0.4, 0.5) is 0 Å². The van der Waals surface area contributed by atoms with Gasteiger partial charge < -0.3 is 23.9 Å². The van der Waals surface area contributed by atoms with E-state index >= 15 is 0 Å². The number of methoxy groups -OCH3 is 1. The van der Waals surface area contributed by atoms with Crippen LogP contribution in [0, 0.1) is 0 Å². The minimum absolute atomic E-state index is 0.00517. The highest BCUT2D eigenvalue weighted by atomic mass is 79.9. The molecular formula is C27H26BrNO6. The maximum Gasteiger partial charge on any atom is 0.296 e. The molecule has 1 unspecified atom stereocenters. The number of benzene rings is 2. The number of ketones is 1. The zero-order chi connectivity index (χ0) is 24.9. The van der Waals surface area contributed by atoms with Gasteiger partial charge in [-0.15, -0.1) is 0 Å². The lowest BCUT2D eigenvalue weighted by Crippen LogP contribution is -2.29. The quantitative estimate of drug-likeness (QED) is 0.159. The fraction of sp³-hybridized carbons (Fsp3) is 0.259. The number of rotatable bonds is 9. The van der Waals surface area contributed by atoms with Crippen molar-refractivity contribution < 1.29 is 28.6 Å². The lowest BCUT2D eigenvalue weighted by molar-refractivity contribution is -0.140. The summed E-state index contributed by atoms with van der Waals surface area (Å²) in [6, 6.07) is 14.8. The van der Waals surface area contributed by atoms with Gasteiger partial charge in [-0.1, -0.05) is 47.5 Å². The Morgan fingerprint density at radius 1 is 1.11 bits per heavy atom. The number of aliphatic hydroxyl groups excluding tert-OH is 1. The highest BCUT2D eigenvalue weighted by Crippen LogP contribution is 2.42. The van der Waals surface area contributed by atoms with Gasteiger partial charge in [0.15, 0.2) is 11.5 Å². The Bertz CT molecular complexity index is 1230. The maximum atomic E-state index is 13.2. The third-order valence-corrected chi connectivity index (χ3v) is 6.35. The zero-order valence-corrected chi connectivity index (χ0v) is 21.1. The SMILES string of the molecule is CCCCOc1ccc(C2C(=C(O)c3ccc(Br)cc3)C(=O)C(=O)N2Cc2ccco2)cc1OC. The van der Waals surface area contributed by atoms with Crippen molar-refractivity contribution in [2.75, 3.05) is 13.7 Å². The fourth-order valence-electron chi connectivity index (χ4n) is 4.02. The summed E-state index contributed by atoms with van der Waals surface area (Å²) in [4.78, 5) is 27.7. The first-order chi connectivity index (χ1) is 16.9. The summed E-state index contributed by atoms with van der Waals surface area (Å²) in [5.41, 5.74) is 1.04. The number of furan rings is 1. The van der Waals surface area contributed by atoms with Crippen molar-refractivity contribution in [1.29, 1.82) is 0 Å². The molecule has 0 radical (unpaired) electrons. The largest absolute Gasteiger partial charge is 0.507 e. The molecule has 1 fully saturated rings. The lowest BCUT2D eigenvalue weighted by atomic mass is 9.95. The summed E-state index contributed by atoms with van der Waals surface area (Å²) in [7, 11) is 1.54. The molecule has 2 heterocycles. The van der Waals surface area contributed by atoms with Gasteiger partial charge >= 0.3 is 0 Å². The maximum absolute atomic E-state index is 13.2. The number of carbonyl (C=O) groups is 2. The second-order valence-electron chi connectivity index (χ2n) is 8.13. The van der Waals surface area contributed by atoms with Crippen LogP contribution in [0.1, 0.15) is 42.7 Å². The first-order valence-electron chi connectivity index (χ1n) is 11.3. The van der Waals surface area contributed by atoms with Gasteiger partial charge in [-0.05, 0) is 48.4 Å². The van der Waals surface area contributed by atoms with Crippen molar-refractivity contribution in [3.8, 4) is 11.5 Å². The van der Waals surface area contributed by atoms with Crippen LogP contribution in [0.2, 0.25) is 0 Å². The van der Waals surface area contributed by atoms with Gasteiger partial charge in [0.2, 0.25) is 0 Å². The molecule has 1 N–H and O–H groups in total. The number of hydrogen-bond donors (Lipinski definition) is 1. The summed E-state index contributed by atoms with van der Waals surface area (Å²) >= 11 is 3.37. The average molecular weight is 540 g/mol. The molecule has 0 bridgehead atoms. The topological polar surface area (TPSA) is 89.2 Å². The van der Waals surface area contributed by atoms with Crippen molar-refractivity contribution in [3.05, 3.63) is 87.8 Å². The van der Waals surface area contributed by atoms with Gasteiger partial charge in [-0.3, -0.25) is 9.59 Å². The lowest BCUT2D eigenvalue weighted by Gasteiger charge is -2.25. The van der Waals surface area contributed by atoms with Crippen LogP contribution in [0.15, 0.2) is 75.3 Å². The van der Waals surface area contributed by atoms with Crippen LogP contribution in [0.3, 0.4) is 0 Å². The summed E-state index contributed by atoms with van der Waals surface area (Å²) in [5.74, 6) is -0.153. The summed E-state index contributed by atoms with van der Waals surface area (Å²) in [5, 5.41) is 11.2. The van der Waals surface area contributed by atoms with Gasteiger partial charge in [-0.25, -0.2) is 0 Å². The Morgan fingerprint density at radius 2 is 1.89 bits per heavy atom. The van der Waals surface area contributed by atoms with Crippen molar-refractivity contribution in [3.63, 3.8) is 0 Å². The Balaban J connectivity index is 1.82. The van der Waals surface area contributed by atoms with Crippen LogP contribution < -0.4 is 9.47 Å². The van der Waals surface area contributed by atoms with Gasteiger partial charge in [0.1, 0.15) is 11.5 Å². The molecule has 35 heavy (non-hydrogen) atoms. The minimum atomic E-state index is -0.845. The monoisotopic (exact) mass is 539 g/mol. The zero-order valence-electron chi connectivity index (χ0n) is 19.5. The van der Waals surface area contributed by atoms with Crippen molar-refractivity contribution in [2.24, 2.45) is 0 Å². The Kier molecular flexibility index (Phi) is 7.60. The smallest absolute Gasteiger partial charge is 0.296 e. The number of amides is 1. The third-order valence-electron chi connectivity index (χ3n) is 5.82. The van der Waals surface area contributed by atoms with E-state index in [1.54, 1.807) is 54.6 Å². The normalized spacial score (nSPS) is 17.1. The van der Waals surface area contributed by atoms with Crippen molar-refractivity contribution in [2.45, 2.75) is 32.4 Å². The van der Waals surface area contributed by atoms with Crippen LogP contribution in [0.5, 0.6) is 11.5 Å². The molecule has 1 amide bonds. The van der Waals surface area contributed by atoms with E-state index in [-0.39, 0.29) is 17.9 Å². The number of hydrogen-bond acceptors (Lipinski definition) is 6. The highest BCUT2D eigenvalue weighted by molar-refractivity contribution is 9.10. The second kappa shape index (κ2) is 10.8. The van der Waals surface area contributed by atoms with Gasteiger partial charge in [-0.2, -0.15) is 0 Å². The van der Waals surface area contributed by atoms with Crippen molar-refractivity contribution in [1.82, 2.24) is 4.90 Å². The highest BCUT2D eigenvalue weighted by Gasteiger charge is 2.46. The number of Topliss-reactive ketones (excluding diaryl/α,β-unsaturated/α-hetero) is 1. The molecule has 3 aromatic rings. The molecule has 0 saturated carbocycles. The number of unbranched alkanes of at least 4 members (excludes halogenated alkanes) is 1. The second-order valence-corrected chi connectivity index (χ2v) is 9.04. The van der Waals surface area contributed by atoms with E-state index in [0.29, 0.717) is 35.0 Å². The Morgan fingerprint density at radius 3 is 2.54 bits per heavy atom. The number of ether oxygens (including phenoxy) is 2. The molecule has 2 aromatic carbocycles. The summed E-state index contributed by atoms with van der Waals surface area (Å²) < 4.78 is 17.7. The third kappa shape index (κ3) is 5.12. The Hall–Kier alpha value is -3.52. The standard InChI is InChI=1S/C27H26BrNO6/c1-3-4-13-35-21-12-9-18(15-22(21)33-2)24-23(25(30)17-7-10-19(28)11-8-17)26(31)27(32)29(24)16-20-6-5-14-34-20/h5-12,14-15,24,30H,3-4,13,16H2,1-2H3. The molecule has 182 valence electrons. The van der Waals surface area contributed by atoms with E-state index in [2.05, 4.69) is 22.9 Å². The number of carbonyl (C=O) groups excluding carboxylic acids is 2. The van der Waals surface area contributed by atoms with E-state index < -0.39 is 17.7 Å². The fourth-order valence-corrected chi connectivity index (χ4v) is 4.29. The van der Waals surface area contributed by atoms with Gasteiger partial charge in [0.25, 0.3) is 11.7 Å². The predicted molar refractivity (Wildman–Crippen MR) is 134 cm³/mol. The van der Waals surface area contributed by atoms with E-state index in [4.69, 9.17) is 13.9 Å². The van der Waals surface area contributed by atoms with Gasteiger partial charge in [0.05, 0.1) is 38.1 Å². The van der Waals surface area contributed by atoms with Crippen molar-refractivity contribution >= 4 is 33.4 Å². The molecule has 1 aliphatic heterocycles. The van der Waals surface area contributed by atoms with Crippen LogP contribution in [-0.4, -0.2) is 35.4 Å². The number of likely N-dealkylation sites (tertiary alicyclic amines) is 1. The molecule has 1 aromatic heterocycles. The van der Waals surface area contributed by atoms with E-state index in [1.165, 1.54) is 18.3 Å². The molecule has 1 atom stereocenters. The summed E-state index contributed by atoms with van der Waals surface area (Å²) in [6.07, 6.45) is 3.41. The van der Waals surface area contributed by atoms with Gasteiger partial charge in [0, 0.05) is 10.0 Å². The van der Waals surface area contributed by atoms with E-state index in [9.17, 15) is 14.7 Å². The van der Waals surface area contributed by atoms with Crippen LogP contribution >= 0.6 is 15.9 Å². The molecule has 4 rings (SSSR count). The van der Waals surface area contributed by atoms with Crippen LogP contribution in [0.25, 0.3) is 5.76 Å². The molecule has 7 nitrogen and oxygen atoms in total. The molecule has 0 spiro atoms. The minimum Gasteiger partial charge on any atom is -0.507 e. The van der Waals surface area contributed by atoms with Crippen LogP contribution in [-0.2, 0) is 16.1 Å².